The van der Waals surface area contributed by atoms with E-state index in [1.54, 1.807) is 25.0 Å². The maximum absolute atomic E-state index is 13.7. The van der Waals surface area contributed by atoms with Crippen molar-refractivity contribution >= 4 is 58.6 Å². The van der Waals surface area contributed by atoms with E-state index in [0.717, 1.165) is 31.2 Å². The molecule has 0 radical (unpaired) electrons. The van der Waals surface area contributed by atoms with Crippen molar-refractivity contribution in [2.24, 2.45) is 16.0 Å². The minimum Gasteiger partial charge on any atom is -0.391 e. The largest absolute Gasteiger partial charge is 0.471 e. The molecule has 22 nitrogen and oxygen atoms in total. The minimum atomic E-state index is -5.28. The number of carbonyl (C=O) groups excluding carboxylic acids is 5. The molecule has 3 unspecified atom stereocenters. The van der Waals surface area contributed by atoms with E-state index in [1.165, 1.54) is 12.1 Å². The quantitative estimate of drug-likeness (QED) is 0.0290. The molecular formula is C47H67F3N12O10. The van der Waals surface area contributed by atoms with E-state index < -0.39 is 48.0 Å². The van der Waals surface area contributed by atoms with Crippen molar-refractivity contribution in [1.82, 2.24) is 35.5 Å². The third-order valence-electron chi connectivity index (χ3n) is 11.2. The Morgan fingerprint density at radius 2 is 1.67 bits per heavy atom. The van der Waals surface area contributed by atoms with Crippen molar-refractivity contribution in [2.75, 3.05) is 76.0 Å². The smallest absolute Gasteiger partial charge is 0.391 e. The summed E-state index contributed by atoms with van der Waals surface area (Å²) in [5.74, 6) is -3.98. The lowest BCUT2D eigenvalue weighted by atomic mass is 10.1. The molecule has 3 atom stereocenters. The lowest BCUT2D eigenvalue weighted by molar-refractivity contribution is -0.170. The fourth-order valence-electron chi connectivity index (χ4n) is 7.38. The number of aromatic nitrogens is 4. The molecule has 2 aromatic heterocycles. The van der Waals surface area contributed by atoms with Crippen LogP contribution in [0.5, 0.6) is 0 Å². The molecule has 0 saturated carbocycles. The fourth-order valence-corrected chi connectivity index (χ4v) is 7.38. The first-order valence-electron chi connectivity index (χ1n) is 24.2. The molecule has 1 saturated heterocycles. The Morgan fingerprint density at radius 3 is 2.35 bits per heavy atom. The number of benzene rings is 1. The number of anilines is 2. The molecule has 1 fully saturated rings. The van der Waals surface area contributed by atoms with Crippen molar-refractivity contribution in [3.05, 3.63) is 52.1 Å². The van der Waals surface area contributed by atoms with Gasteiger partial charge in [0, 0.05) is 74.9 Å². The van der Waals surface area contributed by atoms with Gasteiger partial charge in [0.2, 0.25) is 23.7 Å². The fraction of sp³-hybridized carbons (Fsp3) is 0.617. The van der Waals surface area contributed by atoms with Gasteiger partial charge in [0.05, 0.1) is 70.2 Å². The van der Waals surface area contributed by atoms with Gasteiger partial charge >= 0.3 is 12.1 Å². The highest BCUT2D eigenvalue weighted by Crippen LogP contribution is 2.27. The van der Waals surface area contributed by atoms with Crippen LogP contribution in [0.1, 0.15) is 101 Å². The topological polar surface area (TPSA) is 296 Å². The predicted molar refractivity (Wildman–Crippen MR) is 259 cm³/mol. The van der Waals surface area contributed by atoms with Gasteiger partial charge in [-0.25, -0.2) is 15.5 Å². The molecule has 1 aromatic carbocycles. The van der Waals surface area contributed by atoms with E-state index in [0.29, 0.717) is 109 Å². The van der Waals surface area contributed by atoms with Gasteiger partial charge in [-0.2, -0.15) is 23.3 Å². The Bertz CT molecular complexity index is 2320. The number of amides is 5. The van der Waals surface area contributed by atoms with Crippen molar-refractivity contribution < 1.29 is 56.5 Å². The van der Waals surface area contributed by atoms with Crippen LogP contribution in [0.25, 0.3) is 11.2 Å². The van der Waals surface area contributed by atoms with E-state index >= 15 is 0 Å². The number of aliphatic imine (C=N–C) groups is 1. The minimum absolute atomic E-state index is 0.0483. The number of nitrogens with one attached hydrogen (secondary N) is 5. The van der Waals surface area contributed by atoms with Gasteiger partial charge in [0.15, 0.2) is 11.2 Å². The molecule has 3 aromatic rings. The Labute approximate surface area is 415 Å². The molecular weight excluding hydrogens is 950 g/mol. The van der Waals surface area contributed by atoms with E-state index in [9.17, 15) is 47.0 Å². The van der Waals surface area contributed by atoms with Crippen molar-refractivity contribution in [1.29, 1.82) is 5.53 Å². The number of aliphatic hydroxyl groups is 1. The van der Waals surface area contributed by atoms with Gasteiger partial charge in [0.1, 0.15) is 0 Å². The number of hydrogen-bond donors (Lipinski definition) is 6. The van der Waals surface area contributed by atoms with Gasteiger partial charge in [-0.1, -0.05) is 27.2 Å². The first-order valence-corrected chi connectivity index (χ1v) is 24.2. The summed E-state index contributed by atoms with van der Waals surface area (Å²) in [5.41, 5.74) is 5.83. The van der Waals surface area contributed by atoms with Crippen LogP contribution in [0.3, 0.4) is 0 Å². The third kappa shape index (κ3) is 20.1. The van der Waals surface area contributed by atoms with Gasteiger partial charge in [-0.3, -0.25) is 49.0 Å². The lowest BCUT2D eigenvalue weighted by Gasteiger charge is -2.24. The Morgan fingerprint density at radius 1 is 0.972 bits per heavy atom. The Kier molecular flexibility index (Phi) is 24.7. The zero-order valence-electron chi connectivity index (χ0n) is 41.0. The number of halogens is 3. The standard InChI is InChI=1S/C47H67F3N12O10/c1-4-9-36-26-37(63)30-61(36)39(65)12-5-10-33(60-51)27-52-17-7-20-70-22-24-72-25-23-71-21-8-19-53-38(64)11-6-18-54-43(67)32-13-15-35(16-14-32)62(45(69)47(48,49)50)29-34-28-55-41-40(56-34)44(68)59-46(57-41)58-42(66)31(2)3/h13-17,28,31,33,36-37,51,63H,4-12,18-27,29-30H2,1-3H3,(H,53,64)(H,54,67)(H2,55,57,58,59,66,68). The van der Waals surface area contributed by atoms with E-state index in [-0.39, 0.29) is 70.9 Å². The maximum atomic E-state index is 13.7. The normalized spacial score (nSPS) is 15.2. The molecule has 1 aliphatic rings. The average Bonchev–Trinajstić information content (AvgIpc) is 3.72. The van der Waals surface area contributed by atoms with Crippen LogP contribution < -0.4 is 26.4 Å². The molecule has 72 heavy (non-hydrogen) atoms. The summed E-state index contributed by atoms with van der Waals surface area (Å²) >= 11 is 0. The van der Waals surface area contributed by atoms with Gasteiger partial charge in [-0.05, 0) is 62.8 Å². The van der Waals surface area contributed by atoms with Gasteiger partial charge < -0.3 is 34.9 Å². The molecule has 1 aliphatic heterocycles. The number of carbonyl (C=O) groups is 5. The molecule has 3 heterocycles. The van der Waals surface area contributed by atoms with Crippen LogP contribution in [-0.4, -0.2) is 156 Å². The van der Waals surface area contributed by atoms with Crippen LogP contribution in [0, 0.1) is 11.4 Å². The number of hydrogen-bond acceptors (Lipinski definition) is 16. The number of aromatic amines is 1. The van der Waals surface area contributed by atoms with Gasteiger partial charge in [0.25, 0.3) is 11.5 Å². The van der Waals surface area contributed by atoms with Crippen molar-refractivity contribution in [3.8, 4) is 0 Å². The van der Waals surface area contributed by atoms with Crippen LogP contribution in [0.4, 0.5) is 24.8 Å². The number of rotatable bonds is 32. The van der Waals surface area contributed by atoms with Crippen LogP contribution in [-0.2, 0) is 39.9 Å². The van der Waals surface area contributed by atoms with Crippen molar-refractivity contribution in [2.45, 2.75) is 116 Å². The summed E-state index contributed by atoms with van der Waals surface area (Å²) in [5, 5.41) is 21.5. The lowest BCUT2D eigenvalue weighted by Crippen LogP contribution is -2.41. The average molecular weight is 1020 g/mol. The van der Waals surface area contributed by atoms with E-state index in [2.05, 4.69) is 52.9 Å². The molecule has 396 valence electrons. The summed E-state index contributed by atoms with van der Waals surface area (Å²) in [7, 11) is 0. The van der Waals surface area contributed by atoms with E-state index in [1.807, 2.05) is 0 Å². The highest BCUT2D eigenvalue weighted by molar-refractivity contribution is 5.99. The van der Waals surface area contributed by atoms with Crippen molar-refractivity contribution in [3.63, 3.8) is 0 Å². The molecule has 5 amide bonds. The highest BCUT2D eigenvalue weighted by atomic mass is 19.4. The second-order valence-electron chi connectivity index (χ2n) is 17.3. The first kappa shape index (κ1) is 58.3. The Hall–Kier alpha value is -6.31. The number of fused-ring (bicyclic) bond motifs is 1. The van der Waals surface area contributed by atoms with Gasteiger partial charge in [-0.15, -0.1) is 0 Å². The van der Waals surface area contributed by atoms with Crippen LogP contribution >= 0.6 is 0 Å². The number of aliphatic hydroxyl groups excluding tert-OH is 1. The summed E-state index contributed by atoms with van der Waals surface area (Å²) < 4.78 is 57.7. The zero-order valence-corrected chi connectivity index (χ0v) is 41.0. The number of nitrogens with zero attached hydrogens (tertiary/aromatic N) is 7. The number of alkyl halides is 3. The SMILES string of the molecule is CCCC1CC(O)CN1C(=O)CCCC(CN=CCCOCCOCCOCCCNC(=O)CCCNC(=O)c1ccc(N(Cc2cnc3nc(NC(=O)C(C)C)[nH]c(=O)c3n2)C(=O)C(F)(F)F)cc1)N=N. The number of ether oxygens (including phenoxy) is 3. The third-order valence-corrected chi connectivity index (χ3v) is 11.2. The van der Waals surface area contributed by atoms with E-state index in [4.69, 9.17) is 19.7 Å². The summed E-state index contributed by atoms with van der Waals surface area (Å²) in [4.78, 5) is 95.9. The molecule has 4 rings (SSSR count). The maximum Gasteiger partial charge on any atom is 0.471 e. The molecule has 0 spiro atoms. The molecule has 0 bridgehead atoms. The zero-order chi connectivity index (χ0) is 52.5. The monoisotopic (exact) mass is 1020 g/mol. The molecule has 25 heteroatoms. The van der Waals surface area contributed by atoms with Crippen LogP contribution in [0.2, 0.25) is 0 Å². The predicted octanol–water partition coefficient (Wildman–Crippen LogP) is 4.26. The molecule has 6 N–H and O–H groups in total. The summed E-state index contributed by atoms with van der Waals surface area (Å²) in [6, 6.07) is 4.62. The number of likely N-dealkylation sites (tertiary alicyclic amines) is 1. The number of H-pyrrole nitrogens is 1. The highest BCUT2D eigenvalue weighted by Gasteiger charge is 2.43. The summed E-state index contributed by atoms with van der Waals surface area (Å²) in [6.45, 7) is 8.30. The summed E-state index contributed by atoms with van der Waals surface area (Å²) in [6.07, 6.45) is 2.75. The first-order chi connectivity index (χ1) is 34.5. The van der Waals surface area contributed by atoms with Crippen LogP contribution in [0.15, 0.2) is 45.4 Å². The Balaban J connectivity index is 1.01. The second kappa shape index (κ2) is 30.5. The molecule has 0 aliphatic carbocycles. The number of β-amino-alcohol motifs (C(OH)–C–C–N with tert-alkyl or cyclic N) is 1. The second-order valence-corrected chi connectivity index (χ2v) is 17.3.